The normalized spacial score (nSPS) is 10.1. The van der Waals surface area contributed by atoms with Crippen LogP contribution >= 0.6 is 22.6 Å². The van der Waals surface area contributed by atoms with Crippen LogP contribution < -0.4 is 4.74 Å². The van der Waals surface area contributed by atoms with Crippen molar-refractivity contribution < 1.29 is 13.5 Å². The van der Waals surface area contributed by atoms with Crippen LogP contribution in [0.5, 0.6) is 5.88 Å². The van der Waals surface area contributed by atoms with Crippen molar-refractivity contribution in [1.82, 2.24) is 4.98 Å². The Hall–Kier alpha value is -0.970. The number of nitrogens with zero attached hydrogens (tertiary/aromatic N) is 2. The molecule has 6 heteroatoms. The summed E-state index contributed by atoms with van der Waals surface area (Å²) in [4.78, 5) is 3.64. The van der Waals surface area contributed by atoms with Crippen LogP contribution in [0.3, 0.4) is 0 Å². The van der Waals surface area contributed by atoms with Gasteiger partial charge in [0.15, 0.2) is 0 Å². The van der Waals surface area contributed by atoms with Gasteiger partial charge in [-0.3, -0.25) is 0 Å². The highest BCUT2D eigenvalue weighted by molar-refractivity contribution is 14.1. The first kappa shape index (κ1) is 12.1. The molecule has 0 bridgehead atoms. The summed E-state index contributed by atoms with van der Waals surface area (Å²) in [5.74, 6) is 0.107. The minimum absolute atomic E-state index is 0.0663. The minimum atomic E-state index is -2.66. The molecule has 0 saturated heterocycles. The molecule has 0 unspecified atom stereocenters. The average Bonchev–Trinajstić information content (AvgIpc) is 2.21. The molecule has 80 valence electrons. The minimum Gasteiger partial charge on any atom is -0.481 e. The van der Waals surface area contributed by atoms with Gasteiger partial charge in [0.05, 0.1) is 19.6 Å². The van der Waals surface area contributed by atoms with Gasteiger partial charge in [-0.05, 0) is 28.2 Å². The van der Waals surface area contributed by atoms with E-state index in [2.05, 4.69) is 4.98 Å². The zero-order chi connectivity index (χ0) is 11.4. The lowest BCUT2D eigenvalue weighted by Crippen LogP contribution is -2.02. The van der Waals surface area contributed by atoms with E-state index < -0.39 is 6.43 Å². The number of ether oxygens (including phenoxy) is 1. The van der Waals surface area contributed by atoms with Crippen molar-refractivity contribution in [2.75, 3.05) is 7.11 Å². The summed E-state index contributed by atoms with van der Waals surface area (Å²) in [6.07, 6.45) is -2.60. The fourth-order valence-electron chi connectivity index (χ4n) is 1.04. The summed E-state index contributed by atoms with van der Waals surface area (Å²) < 4.78 is 30.2. The monoisotopic (exact) mass is 324 g/mol. The van der Waals surface area contributed by atoms with Crippen LogP contribution in [-0.2, 0) is 6.42 Å². The highest BCUT2D eigenvalue weighted by Crippen LogP contribution is 2.28. The van der Waals surface area contributed by atoms with Crippen molar-refractivity contribution in [2.24, 2.45) is 0 Å². The lowest BCUT2D eigenvalue weighted by atomic mass is 10.2. The molecule has 0 aliphatic carbocycles. The number of hydrogen-bond acceptors (Lipinski definition) is 3. The highest BCUT2D eigenvalue weighted by atomic mass is 127. The Morgan fingerprint density at radius 1 is 1.67 bits per heavy atom. The molecular weight excluding hydrogens is 317 g/mol. The van der Waals surface area contributed by atoms with Gasteiger partial charge in [0.25, 0.3) is 6.43 Å². The molecule has 3 nitrogen and oxygen atoms in total. The molecule has 0 aromatic carbocycles. The average molecular weight is 324 g/mol. The van der Waals surface area contributed by atoms with Crippen LogP contribution in [0, 0.1) is 14.9 Å². The Labute approximate surface area is 99.2 Å². The van der Waals surface area contributed by atoms with Crippen molar-refractivity contribution in [3.05, 3.63) is 20.9 Å². The van der Waals surface area contributed by atoms with E-state index >= 15 is 0 Å². The second kappa shape index (κ2) is 5.21. The Kier molecular flexibility index (Phi) is 4.20. The molecule has 0 aliphatic heterocycles. The van der Waals surface area contributed by atoms with E-state index in [-0.39, 0.29) is 18.0 Å². The molecular formula is C9H7F2IN2O. The van der Waals surface area contributed by atoms with E-state index in [9.17, 15) is 8.78 Å². The van der Waals surface area contributed by atoms with E-state index in [0.29, 0.717) is 9.13 Å². The van der Waals surface area contributed by atoms with Gasteiger partial charge in [0.1, 0.15) is 5.69 Å². The summed E-state index contributed by atoms with van der Waals surface area (Å²) in [7, 11) is 1.35. The molecule has 0 aliphatic rings. The molecule has 1 aromatic heterocycles. The molecule has 0 radical (unpaired) electrons. The molecule has 1 heterocycles. The van der Waals surface area contributed by atoms with E-state index in [0.717, 1.165) is 0 Å². The number of methoxy groups -OCH3 is 1. The van der Waals surface area contributed by atoms with Gasteiger partial charge in [-0.1, -0.05) is 0 Å². The molecule has 0 N–H and O–H groups in total. The Balaban J connectivity index is 3.28. The van der Waals surface area contributed by atoms with Gasteiger partial charge < -0.3 is 4.74 Å². The largest absolute Gasteiger partial charge is 0.481 e. The Bertz CT molecular complexity index is 404. The van der Waals surface area contributed by atoms with Gasteiger partial charge in [-0.15, -0.1) is 0 Å². The molecule has 0 fully saturated rings. The second-order valence-corrected chi connectivity index (χ2v) is 3.74. The van der Waals surface area contributed by atoms with Crippen molar-refractivity contribution in [3.8, 4) is 11.9 Å². The smallest absolute Gasteiger partial charge is 0.281 e. The zero-order valence-corrected chi connectivity index (χ0v) is 9.96. The summed E-state index contributed by atoms with van der Waals surface area (Å²) in [5, 5.41) is 8.54. The number of hydrogen-bond donors (Lipinski definition) is 0. The lowest BCUT2D eigenvalue weighted by Gasteiger charge is -2.08. The van der Waals surface area contributed by atoms with Crippen LogP contribution in [-0.4, -0.2) is 12.1 Å². The summed E-state index contributed by atoms with van der Waals surface area (Å²) >= 11 is 1.76. The first-order valence-electron chi connectivity index (χ1n) is 3.98. The number of halogens is 3. The van der Waals surface area contributed by atoms with Crippen molar-refractivity contribution >= 4 is 22.6 Å². The fraction of sp³-hybridized carbons (Fsp3) is 0.333. The van der Waals surface area contributed by atoms with E-state index in [1.54, 1.807) is 22.6 Å². The predicted molar refractivity (Wildman–Crippen MR) is 57.8 cm³/mol. The quantitative estimate of drug-likeness (QED) is 0.803. The van der Waals surface area contributed by atoms with Crippen molar-refractivity contribution in [2.45, 2.75) is 12.8 Å². The number of rotatable bonds is 3. The van der Waals surface area contributed by atoms with E-state index in [4.69, 9.17) is 10.00 Å². The summed E-state index contributed by atoms with van der Waals surface area (Å²) in [5.41, 5.74) is 0.181. The van der Waals surface area contributed by atoms with Crippen molar-refractivity contribution in [1.29, 1.82) is 5.26 Å². The van der Waals surface area contributed by atoms with Crippen molar-refractivity contribution in [3.63, 3.8) is 0 Å². The maximum atomic E-state index is 12.6. The van der Waals surface area contributed by atoms with Crippen LogP contribution in [0.4, 0.5) is 8.78 Å². The molecule has 0 saturated carbocycles. The number of alkyl halides is 2. The Morgan fingerprint density at radius 3 is 2.80 bits per heavy atom. The zero-order valence-electron chi connectivity index (χ0n) is 7.80. The highest BCUT2D eigenvalue weighted by Gasteiger charge is 2.18. The topological polar surface area (TPSA) is 45.9 Å². The molecule has 15 heavy (non-hydrogen) atoms. The predicted octanol–water partition coefficient (Wildman–Crippen LogP) is 2.70. The van der Waals surface area contributed by atoms with Gasteiger partial charge in [0.2, 0.25) is 5.88 Å². The summed E-state index contributed by atoms with van der Waals surface area (Å²) in [6.45, 7) is 0. The number of aromatic nitrogens is 1. The maximum absolute atomic E-state index is 12.6. The third-order valence-electron chi connectivity index (χ3n) is 1.72. The van der Waals surface area contributed by atoms with E-state index in [1.165, 1.54) is 13.2 Å². The molecule has 1 rings (SSSR count). The summed E-state index contributed by atoms with van der Waals surface area (Å²) in [6, 6.07) is 3.41. The van der Waals surface area contributed by atoms with Gasteiger partial charge in [0, 0.05) is 9.64 Å². The van der Waals surface area contributed by atoms with Crippen LogP contribution in [0.25, 0.3) is 0 Å². The van der Waals surface area contributed by atoms with Gasteiger partial charge in [-0.25, -0.2) is 13.8 Å². The lowest BCUT2D eigenvalue weighted by molar-refractivity contribution is 0.143. The molecule has 0 spiro atoms. The third-order valence-corrected chi connectivity index (χ3v) is 2.97. The van der Waals surface area contributed by atoms with Gasteiger partial charge >= 0.3 is 0 Å². The molecule has 0 amide bonds. The maximum Gasteiger partial charge on any atom is 0.281 e. The number of pyridine rings is 1. The fourth-order valence-corrected chi connectivity index (χ4v) is 1.74. The number of nitriles is 1. The molecule has 1 aromatic rings. The standard InChI is InChI=1S/C9H7F2IN2O/c1-15-6-4-5(2-3-13)7(12)8(14-6)9(10)11/h4,9H,2H2,1H3. The van der Waals surface area contributed by atoms with Crippen LogP contribution in [0.15, 0.2) is 6.07 Å². The second-order valence-electron chi connectivity index (χ2n) is 2.66. The first-order chi connectivity index (χ1) is 7.10. The SMILES string of the molecule is COc1cc(CC#N)c(I)c(C(F)F)n1. The van der Waals surface area contributed by atoms with Gasteiger partial charge in [-0.2, -0.15) is 5.26 Å². The third kappa shape index (κ3) is 2.75. The Morgan fingerprint density at radius 2 is 2.33 bits per heavy atom. The van der Waals surface area contributed by atoms with E-state index in [1.807, 2.05) is 6.07 Å². The molecule has 0 atom stereocenters. The van der Waals surface area contributed by atoms with Crippen LogP contribution in [0.2, 0.25) is 0 Å². The first-order valence-corrected chi connectivity index (χ1v) is 5.06. The van der Waals surface area contributed by atoms with Crippen LogP contribution in [0.1, 0.15) is 17.7 Å².